The number of amides is 3. The summed E-state index contributed by atoms with van der Waals surface area (Å²) >= 11 is 0. The molecule has 140 valence electrons. The highest BCUT2D eigenvalue weighted by Crippen LogP contribution is 2.29. The lowest BCUT2D eigenvalue weighted by molar-refractivity contribution is -0.121. The minimum absolute atomic E-state index is 0.224. The maximum Gasteiger partial charge on any atom is 0.262 e. The average Bonchev–Trinajstić information content (AvgIpc) is 2.84. The Labute approximate surface area is 159 Å². The Balaban J connectivity index is 1.95. The summed E-state index contributed by atoms with van der Waals surface area (Å²) in [6, 6.07) is 9.80. The quantitative estimate of drug-likeness (QED) is 0.838. The third kappa shape index (κ3) is 3.25. The molecule has 1 aliphatic heterocycles. The largest absolute Gasteiger partial charge is 0.324 e. The molecule has 1 N–H and O–H groups in total. The van der Waals surface area contributed by atoms with Crippen molar-refractivity contribution in [3.63, 3.8) is 0 Å². The van der Waals surface area contributed by atoms with Crippen LogP contribution in [0, 0.1) is 26.7 Å². The summed E-state index contributed by atoms with van der Waals surface area (Å²) in [6.45, 7) is 9.54. The van der Waals surface area contributed by atoms with E-state index >= 15 is 0 Å². The number of benzene rings is 2. The number of imide groups is 1. The van der Waals surface area contributed by atoms with E-state index in [1.54, 1.807) is 24.3 Å². The molecule has 0 fully saturated rings. The second-order valence-electron chi connectivity index (χ2n) is 7.48. The summed E-state index contributed by atoms with van der Waals surface area (Å²) in [4.78, 5) is 39.8. The molecule has 0 unspecified atom stereocenters. The Hall–Kier alpha value is -2.95. The number of hydrogen-bond donors (Lipinski definition) is 1. The van der Waals surface area contributed by atoms with Crippen LogP contribution in [0.5, 0.6) is 0 Å². The van der Waals surface area contributed by atoms with Crippen LogP contribution in [-0.2, 0) is 4.79 Å². The molecule has 2 aromatic carbocycles. The van der Waals surface area contributed by atoms with Gasteiger partial charge in [-0.05, 0) is 49.9 Å². The van der Waals surface area contributed by atoms with Crippen molar-refractivity contribution >= 4 is 23.4 Å². The van der Waals surface area contributed by atoms with E-state index in [4.69, 9.17) is 0 Å². The number of aryl methyl sites for hydroxylation is 3. The molecule has 0 saturated carbocycles. The van der Waals surface area contributed by atoms with Crippen molar-refractivity contribution in [2.45, 2.75) is 40.7 Å². The first-order chi connectivity index (χ1) is 12.7. The molecule has 0 radical (unpaired) electrons. The van der Waals surface area contributed by atoms with Gasteiger partial charge in [-0.2, -0.15) is 0 Å². The molecule has 3 rings (SSSR count). The molecule has 1 aliphatic rings. The Morgan fingerprint density at radius 1 is 0.926 bits per heavy atom. The number of hydrogen-bond acceptors (Lipinski definition) is 3. The van der Waals surface area contributed by atoms with Crippen LogP contribution in [0.25, 0.3) is 0 Å². The van der Waals surface area contributed by atoms with Crippen molar-refractivity contribution in [3.8, 4) is 0 Å². The molecule has 3 amide bonds. The van der Waals surface area contributed by atoms with Gasteiger partial charge in [-0.3, -0.25) is 19.3 Å². The molecular formula is C22H24N2O3. The molecule has 1 heterocycles. The Kier molecular flexibility index (Phi) is 4.87. The van der Waals surface area contributed by atoms with Crippen LogP contribution in [0.15, 0.2) is 36.4 Å². The molecule has 5 nitrogen and oxygen atoms in total. The lowest BCUT2D eigenvalue weighted by Crippen LogP contribution is -2.50. The zero-order valence-corrected chi connectivity index (χ0v) is 16.3. The Bertz CT molecular complexity index is 888. The molecule has 0 aliphatic carbocycles. The number of anilines is 1. The molecule has 5 heteroatoms. The molecule has 0 bridgehead atoms. The Morgan fingerprint density at radius 3 is 1.85 bits per heavy atom. The van der Waals surface area contributed by atoms with Gasteiger partial charge >= 0.3 is 0 Å². The van der Waals surface area contributed by atoms with Crippen molar-refractivity contribution in [1.82, 2.24) is 4.90 Å². The summed E-state index contributed by atoms with van der Waals surface area (Å²) in [6.07, 6.45) is 0. The van der Waals surface area contributed by atoms with Crippen molar-refractivity contribution < 1.29 is 14.4 Å². The standard InChI is InChI=1S/C22H24N2O3/c1-12(2)19(20(25)23-18-14(4)10-13(3)11-15(18)5)24-21(26)16-8-6-7-9-17(16)22(24)27/h6-12,19H,1-5H3,(H,23,25)/t19-/m1/s1. The van der Waals surface area contributed by atoms with Crippen LogP contribution in [0.1, 0.15) is 51.3 Å². The van der Waals surface area contributed by atoms with E-state index in [-0.39, 0.29) is 11.8 Å². The van der Waals surface area contributed by atoms with Crippen LogP contribution in [0.3, 0.4) is 0 Å². The van der Waals surface area contributed by atoms with E-state index < -0.39 is 17.9 Å². The van der Waals surface area contributed by atoms with E-state index in [2.05, 4.69) is 5.32 Å². The van der Waals surface area contributed by atoms with Gasteiger partial charge in [-0.15, -0.1) is 0 Å². The fraction of sp³-hybridized carbons (Fsp3) is 0.318. The van der Waals surface area contributed by atoms with Gasteiger partial charge in [0, 0.05) is 5.69 Å². The summed E-state index contributed by atoms with van der Waals surface area (Å²) in [5.74, 6) is -1.41. The van der Waals surface area contributed by atoms with E-state index in [0.717, 1.165) is 27.3 Å². The predicted molar refractivity (Wildman–Crippen MR) is 105 cm³/mol. The first-order valence-corrected chi connectivity index (χ1v) is 9.08. The maximum absolute atomic E-state index is 13.1. The van der Waals surface area contributed by atoms with Gasteiger partial charge in [0.05, 0.1) is 11.1 Å². The van der Waals surface area contributed by atoms with Crippen LogP contribution in [0.4, 0.5) is 5.69 Å². The van der Waals surface area contributed by atoms with Crippen LogP contribution < -0.4 is 5.32 Å². The van der Waals surface area contributed by atoms with Crippen molar-refractivity contribution in [3.05, 3.63) is 64.2 Å². The molecule has 0 aromatic heterocycles. The second-order valence-corrected chi connectivity index (χ2v) is 7.48. The molecule has 27 heavy (non-hydrogen) atoms. The number of rotatable bonds is 4. The fourth-order valence-corrected chi connectivity index (χ4v) is 3.75. The third-order valence-electron chi connectivity index (χ3n) is 4.93. The highest BCUT2D eigenvalue weighted by atomic mass is 16.2. The molecule has 0 spiro atoms. The van der Waals surface area contributed by atoms with E-state index in [9.17, 15) is 14.4 Å². The molecule has 1 atom stereocenters. The van der Waals surface area contributed by atoms with Gasteiger partial charge in [0.25, 0.3) is 11.8 Å². The fourth-order valence-electron chi connectivity index (χ4n) is 3.75. The molecule has 2 aromatic rings. The van der Waals surface area contributed by atoms with E-state index in [1.807, 2.05) is 46.8 Å². The van der Waals surface area contributed by atoms with Gasteiger partial charge in [0.2, 0.25) is 5.91 Å². The minimum Gasteiger partial charge on any atom is -0.324 e. The van der Waals surface area contributed by atoms with E-state index in [1.165, 1.54) is 0 Å². The monoisotopic (exact) mass is 364 g/mol. The first-order valence-electron chi connectivity index (χ1n) is 9.08. The summed E-state index contributed by atoms with van der Waals surface area (Å²) in [5.41, 5.74) is 4.44. The average molecular weight is 364 g/mol. The normalized spacial score (nSPS) is 14.5. The summed E-state index contributed by atoms with van der Waals surface area (Å²) < 4.78 is 0. The number of nitrogens with zero attached hydrogens (tertiary/aromatic N) is 1. The van der Waals surface area contributed by atoms with Crippen molar-refractivity contribution in [2.75, 3.05) is 5.32 Å². The summed E-state index contributed by atoms with van der Waals surface area (Å²) in [5, 5.41) is 2.95. The highest BCUT2D eigenvalue weighted by molar-refractivity contribution is 6.23. The van der Waals surface area contributed by atoms with Gasteiger partial charge in [-0.1, -0.05) is 43.7 Å². The predicted octanol–water partition coefficient (Wildman–Crippen LogP) is 3.87. The zero-order valence-electron chi connectivity index (χ0n) is 16.3. The lowest BCUT2D eigenvalue weighted by Gasteiger charge is -2.29. The van der Waals surface area contributed by atoms with Crippen LogP contribution >= 0.6 is 0 Å². The number of carbonyl (C=O) groups excluding carboxylic acids is 3. The van der Waals surface area contributed by atoms with Crippen molar-refractivity contribution in [2.24, 2.45) is 5.92 Å². The number of fused-ring (bicyclic) bond motifs is 1. The third-order valence-corrected chi connectivity index (χ3v) is 4.93. The molecular weight excluding hydrogens is 340 g/mol. The first kappa shape index (κ1) is 18.8. The van der Waals surface area contributed by atoms with Gasteiger partial charge in [0.1, 0.15) is 6.04 Å². The van der Waals surface area contributed by atoms with Crippen LogP contribution in [-0.4, -0.2) is 28.7 Å². The maximum atomic E-state index is 13.1. The lowest BCUT2D eigenvalue weighted by atomic mass is 10.00. The Morgan fingerprint density at radius 2 is 1.41 bits per heavy atom. The van der Waals surface area contributed by atoms with Gasteiger partial charge in [-0.25, -0.2) is 0 Å². The number of nitrogens with one attached hydrogen (secondary N) is 1. The topological polar surface area (TPSA) is 66.5 Å². The van der Waals surface area contributed by atoms with E-state index in [0.29, 0.717) is 11.1 Å². The SMILES string of the molecule is Cc1cc(C)c(NC(=O)[C@@H](C(C)C)N2C(=O)c3ccccc3C2=O)c(C)c1. The second kappa shape index (κ2) is 6.99. The van der Waals surface area contributed by atoms with Gasteiger partial charge < -0.3 is 5.32 Å². The molecule has 0 saturated heterocycles. The van der Waals surface area contributed by atoms with Crippen molar-refractivity contribution in [1.29, 1.82) is 0 Å². The zero-order chi connectivity index (χ0) is 19.9. The summed E-state index contributed by atoms with van der Waals surface area (Å²) in [7, 11) is 0. The minimum atomic E-state index is -0.877. The number of carbonyl (C=O) groups is 3. The highest BCUT2D eigenvalue weighted by Gasteiger charge is 2.44. The van der Waals surface area contributed by atoms with Gasteiger partial charge in [0.15, 0.2) is 0 Å². The smallest absolute Gasteiger partial charge is 0.262 e. The van der Waals surface area contributed by atoms with Crippen LogP contribution in [0.2, 0.25) is 0 Å².